The lowest BCUT2D eigenvalue weighted by Gasteiger charge is -2.30. The Morgan fingerprint density at radius 1 is 1.08 bits per heavy atom. The number of amides is 1. The molecule has 26 heavy (non-hydrogen) atoms. The first-order chi connectivity index (χ1) is 12.8. The van der Waals surface area contributed by atoms with E-state index in [1.807, 2.05) is 42.5 Å². The molecule has 0 aliphatic carbocycles. The first kappa shape index (κ1) is 16.9. The molecule has 0 unspecified atom stereocenters. The van der Waals surface area contributed by atoms with Crippen LogP contribution in [-0.4, -0.2) is 45.4 Å². The quantitative estimate of drug-likeness (QED) is 0.919. The normalized spacial score (nSPS) is 19.4. The van der Waals surface area contributed by atoms with Gasteiger partial charge in [-0.3, -0.25) is 4.79 Å². The molecule has 136 valence electrons. The SMILES string of the molecule is O=C(NC[C@@H]1COc2ccccc2C1)c1ccccc1N1CCOCC1. The van der Waals surface area contributed by atoms with E-state index < -0.39 is 0 Å². The van der Waals surface area contributed by atoms with Crippen LogP contribution in [0.5, 0.6) is 5.75 Å². The van der Waals surface area contributed by atoms with Crippen LogP contribution in [0.15, 0.2) is 48.5 Å². The molecule has 1 amide bonds. The Kier molecular flexibility index (Phi) is 5.07. The highest BCUT2D eigenvalue weighted by atomic mass is 16.5. The average molecular weight is 352 g/mol. The van der Waals surface area contributed by atoms with Gasteiger partial charge in [0, 0.05) is 31.2 Å². The number of rotatable bonds is 4. The third-order valence-electron chi connectivity index (χ3n) is 5.01. The number of anilines is 1. The van der Waals surface area contributed by atoms with Crippen molar-refractivity contribution in [2.75, 3.05) is 44.4 Å². The molecule has 1 atom stereocenters. The van der Waals surface area contributed by atoms with Crippen LogP contribution in [0, 0.1) is 5.92 Å². The van der Waals surface area contributed by atoms with Crippen LogP contribution in [0.2, 0.25) is 0 Å². The molecule has 2 aromatic rings. The number of nitrogens with zero attached hydrogens (tertiary/aromatic N) is 1. The summed E-state index contributed by atoms with van der Waals surface area (Å²) < 4.78 is 11.2. The molecule has 5 heteroatoms. The van der Waals surface area contributed by atoms with E-state index in [-0.39, 0.29) is 5.91 Å². The van der Waals surface area contributed by atoms with Crippen molar-refractivity contribution in [2.45, 2.75) is 6.42 Å². The predicted octanol–water partition coefficient (Wildman–Crippen LogP) is 2.50. The number of carbonyl (C=O) groups excluding carboxylic acids is 1. The Morgan fingerprint density at radius 3 is 2.73 bits per heavy atom. The maximum absolute atomic E-state index is 12.8. The summed E-state index contributed by atoms with van der Waals surface area (Å²) in [6.45, 7) is 4.30. The van der Waals surface area contributed by atoms with Crippen LogP contribution in [0.4, 0.5) is 5.69 Å². The first-order valence-electron chi connectivity index (χ1n) is 9.22. The van der Waals surface area contributed by atoms with Gasteiger partial charge in [-0.2, -0.15) is 0 Å². The van der Waals surface area contributed by atoms with E-state index >= 15 is 0 Å². The molecule has 4 rings (SSSR count). The predicted molar refractivity (Wildman–Crippen MR) is 101 cm³/mol. The van der Waals surface area contributed by atoms with Crippen molar-refractivity contribution >= 4 is 11.6 Å². The highest BCUT2D eigenvalue weighted by molar-refractivity contribution is 5.99. The highest BCUT2D eigenvalue weighted by Gasteiger charge is 2.22. The second-order valence-corrected chi connectivity index (χ2v) is 6.82. The first-order valence-corrected chi connectivity index (χ1v) is 9.22. The fourth-order valence-corrected chi connectivity index (χ4v) is 3.60. The topological polar surface area (TPSA) is 50.8 Å². The molecule has 5 nitrogen and oxygen atoms in total. The smallest absolute Gasteiger partial charge is 0.253 e. The van der Waals surface area contributed by atoms with Gasteiger partial charge in [-0.25, -0.2) is 0 Å². The molecule has 0 radical (unpaired) electrons. The van der Waals surface area contributed by atoms with Crippen LogP contribution in [0.25, 0.3) is 0 Å². The molecule has 2 aliphatic rings. The van der Waals surface area contributed by atoms with Gasteiger partial charge in [0.1, 0.15) is 5.75 Å². The molecule has 0 saturated carbocycles. The van der Waals surface area contributed by atoms with Crippen molar-refractivity contribution < 1.29 is 14.3 Å². The molecular formula is C21H24N2O3. The molecule has 0 bridgehead atoms. The number of morpholine rings is 1. The molecule has 2 aromatic carbocycles. The van der Waals surface area contributed by atoms with Crippen molar-refractivity contribution in [3.8, 4) is 5.75 Å². The highest BCUT2D eigenvalue weighted by Crippen LogP contribution is 2.27. The number of para-hydroxylation sites is 2. The van der Waals surface area contributed by atoms with Gasteiger partial charge < -0.3 is 19.7 Å². The lowest BCUT2D eigenvalue weighted by molar-refractivity contribution is 0.0937. The Hall–Kier alpha value is -2.53. The Bertz CT molecular complexity index is 771. The van der Waals surface area contributed by atoms with E-state index in [1.165, 1.54) is 5.56 Å². The molecule has 1 fully saturated rings. The molecule has 0 aromatic heterocycles. The minimum Gasteiger partial charge on any atom is -0.493 e. The zero-order valence-electron chi connectivity index (χ0n) is 14.8. The van der Waals surface area contributed by atoms with Gasteiger partial charge in [0.05, 0.1) is 25.4 Å². The molecule has 2 aliphatic heterocycles. The third kappa shape index (κ3) is 3.68. The molecule has 1 N–H and O–H groups in total. The van der Waals surface area contributed by atoms with Gasteiger partial charge in [-0.05, 0) is 30.2 Å². The van der Waals surface area contributed by atoms with Crippen LogP contribution >= 0.6 is 0 Å². The van der Waals surface area contributed by atoms with E-state index in [2.05, 4.69) is 16.3 Å². The number of carbonyl (C=O) groups is 1. The summed E-state index contributed by atoms with van der Waals surface area (Å²) in [6, 6.07) is 15.9. The number of fused-ring (bicyclic) bond motifs is 1. The van der Waals surface area contributed by atoms with Gasteiger partial charge in [0.15, 0.2) is 0 Å². The van der Waals surface area contributed by atoms with Crippen molar-refractivity contribution in [2.24, 2.45) is 5.92 Å². The summed E-state index contributed by atoms with van der Waals surface area (Å²) in [5.74, 6) is 1.24. The van der Waals surface area contributed by atoms with Crippen LogP contribution in [-0.2, 0) is 11.2 Å². The standard InChI is InChI=1S/C21H24N2O3/c24-21(18-6-2-3-7-19(18)23-9-11-25-12-10-23)22-14-16-13-17-5-1-4-8-20(17)26-15-16/h1-8,16H,9-15H2,(H,22,24)/t16-/m1/s1. The van der Waals surface area contributed by atoms with Crippen LogP contribution in [0.3, 0.4) is 0 Å². The largest absolute Gasteiger partial charge is 0.493 e. The van der Waals surface area contributed by atoms with E-state index in [4.69, 9.17) is 9.47 Å². The third-order valence-corrected chi connectivity index (χ3v) is 5.01. The summed E-state index contributed by atoms with van der Waals surface area (Å²) in [7, 11) is 0. The zero-order chi connectivity index (χ0) is 17.8. The van der Waals surface area contributed by atoms with Crippen LogP contribution in [0.1, 0.15) is 15.9 Å². The van der Waals surface area contributed by atoms with Gasteiger partial charge in [0.25, 0.3) is 5.91 Å². The summed E-state index contributed by atoms with van der Waals surface area (Å²) in [5, 5.41) is 3.10. The minimum atomic E-state index is -0.0223. The summed E-state index contributed by atoms with van der Waals surface area (Å²) >= 11 is 0. The zero-order valence-corrected chi connectivity index (χ0v) is 14.8. The number of ether oxygens (including phenoxy) is 2. The maximum Gasteiger partial charge on any atom is 0.253 e. The van der Waals surface area contributed by atoms with E-state index in [9.17, 15) is 4.79 Å². The van der Waals surface area contributed by atoms with Crippen molar-refractivity contribution in [1.82, 2.24) is 5.32 Å². The van der Waals surface area contributed by atoms with Gasteiger partial charge >= 0.3 is 0 Å². The van der Waals surface area contributed by atoms with E-state index in [0.29, 0.717) is 32.3 Å². The molecule has 0 spiro atoms. The van der Waals surface area contributed by atoms with Crippen molar-refractivity contribution in [1.29, 1.82) is 0 Å². The number of hydrogen-bond donors (Lipinski definition) is 1. The number of benzene rings is 2. The minimum absolute atomic E-state index is 0.0223. The number of nitrogens with one attached hydrogen (secondary N) is 1. The van der Waals surface area contributed by atoms with Gasteiger partial charge in [0.2, 0.25) is 0 Å². The lowest BCUT2D eigenvalue weighted by Crippen LogP contribution is -2.39. The average Bonchev–Trinajstić information content (AvgIpc) is 2.72. The Labute approximate surface area is 153 Å². The van der Waals surface area contributed by atoms with Crippen molar-refractivity contribution in [3.05, 3.63) is 59.7 Å². The summed E-state index contributed by atoms with van der Waals surface area (Å²) in [4.78, 5) is 15.0. The monoisotopic (exact) mass is 352 g/mol. The Morgan fingerprint density at radius 2 is 1.85 bits per heavy atom. The molecular weight excluding hydrogens is 328 g/mol. The molecule has 2 heterocycles. The fraction of sp³-hybridized carbons (Fsp3) is 0.381. The number of hydrogen-bond acceptors (Lipinski definition) is 4. The molecule has 1 saturated heterocycles. The summed E-state index contributed by atoms with van der Waals surface area (Å²) in [5.41, 5.74) is 2.93. The van der Waals surface area contributed by atoms with E-state index in [1.54, 1.807) is 0 Å². The van der Waals surface area contributed by atoms with Gasteiger partial charge in [-0.15, -0.1) is 0 Å². The van der Waals surface area contributed by atoms with Gasteiger partial charge in [-0.1, -0.05) is 30.3 Å². The lowest BCUT2D eigenvalue weighted by atomic mass is 9.96. The second-order valence-electron chi connectivity index (χ2n) is 6.82. The fourth-order valence-electron chi connectivity index (χ4n) is 3.60. The van der Waals surface area contributed by atoms with Crippen LogP contribution < -0.4 is 15.0 Å². The maximum atomic E-state index is 12.8. The second kappa shape index (κ2) is 7.79. The summed E-state index contributed by atoms with van der Waals surface area (Å²) in [6.07, 6.45) is 0.932. The van der Waals surface area contributed by atoms with E-state index in [0.717, 1.165) is 36.5 Å². The Balaban J connectivity index is 1.40. The van der Waals surface area contributed by atoms with Crippen molar-refractivity contribution in [3.63, 3.8) is 0 Å².